The number of rotatable bonds is 5. The van der Waals surface area contributed by atoms with Crippen LogP contribution < -0.4 is 0 Å². The predicted octanol–water partition coefficient (Wildman–Crippen LogP) is 9.22. The minimum absolute atomic E-state index is 0.432. The van der Waals surface area contributed by atoms with Gasteiger partial charge in [-0.3, -0.25) is 0 Å². The Kier molecular flexibility index (Phi) is 6.13. The molecular formula is C30H50. The van der Waals surface area contributed by atoms with Crippen molar-refractivity contribution in [2.45, 2.75) is 113 Å². The van der Waals surface area contributed by atoms with Crippen LogP contribution in [0.15, 0.2) is 23.3 Å². The summed E-state index contributed by atoms with van der Waals surface area (Å²) in [4.78, 5) is 0. The van der Waals surface area contributed by atoms with Crippen molar-refractivity contribution in [3.8, 4) is 0 Å². The Labute approximate surface area is 188 Å². The van der Waals surface area contributed by atoms with Gasteiger partial charge in [-0.15, -0.1) is 0 Å². The van der Waals surface area contributed by atoms with Crippen molar-refractivity contribution in [2.75, 3.05) is 0 Å². The third kappa shape index (κ3) is 3.67. The van der Waals surface area contributed by atoms with E-state index in [1.807, 2.05) is 11.1 Å². The molecule has 3 saturated carbocycles. The molecule has 0 heteroatoms. The highest BCUT2D eigenvalue weighted by Gasteiger charge is 2.55. The second-order valence-electron chi connectivity index (χ2n) is 13.3. The molecule has 0 spiro atoms. The van der Waals surface area contributed by atoms with Gasteiger partial charge in [0.1, 0.15) is 0 Å². The molecule has 0 N–H and O–H groups in total. The van der Waals surface area contributed by atoms with Crippen LogP contribution >= 0.6 is 0 Å². The Morgan fingerprint density at radius 3 is 2.43 bits per heavy atom. The lowest BCUT2D eigenvalue weighted by molar-refractivity contribution is 0.000966. The van der Waals surface area contributed by atoms with Crippen LogP contribution in [0.2, 0.25) is 0 Å². The van der Waals surface area contributed by atoms with Crippen molar-refractivity contribution >= 4 is 0 Å². The van der Waals surface area contributed by atoms with Gasteiger partial charge >= 0.3 is 0 Å². The molecule has 0 radical (unpaired) electrons. The molecule has 0 amide bonds. The Bertz CT molecular complexity index is 691. The summed E-state index contributed by atoms with van der Waals surface area (Å²) in [5, 5.41) is 0. The van der Waals surface area contributed by atoms with Gasteiger partial charge in [-0.05, 0) is 104 Å². The molecule has 3 fully saturated rings. The van der Waals surface area contributed by atoms with Gasteiger partial charge in [0.25, 0.3) is 0 Å². The second-order valence-corrected chi connectivity index (χ2v) is 13.3. The summed E-state index contributed by atoms with van der Waals surface area (Å²) >= 11 is 0. The maximum atomic E-state index is 4.38. The number of fused-ring (bicyclic) bond motifs is 4. The maximum absolute atomic E-state index is 4.38. The van der Waals surface area contributed by atoms with Gasteiger partial charge in [-0.2, -0.15) is 0 Å². The molecule has 30 heavy (non-hydrogen) atoms. The van der Waals surface area contributed by atoms with Crippen molar-refractivity contribution in [3.63, 3.8) is 0 Å². The molecule has 0 aromatic carbocycles. The fraction of sp³-hybridized carbons (Fsp3) is 0.867. The van der Waals surface area contributed by atoms with Crippen molar-refractivity contribution in [3.05, 3.63) is 23.3 Å². The molecule has 4 aliphatic carbocycles. The van der Waals surface area contributed by atoms with Gasteiger partial charge in [0.15, 0.2) is 0 Å². The molecule has 7 unspecified atom stereocenters. The lowest BCUT2D eigenvalue weighted by Crippen LogP contribution is -2.47. The first-order valence-electron chi connectivity index (χ1n) is 13.5. The van der Waals surface area contributed by atoms with E-state index in [2.05, 4.69) is 55.0 Å². The summed E-state index contributed by atoms with van der Waals surface area (Å²) in [5.41, 5.74) is 6.46. The topological polar surface area (TPSA) is 0 Å². The predicted molar refractivity (Wildman–Crippen MR) is 131 cm³/mol. The van der Waals surface area contributed by atoms with Crippen LogP contribution in [-0.4, -0.2) is 0 Å². The van der Waals surface area contributed by atoms with Gasteiger partial charge in [-0.25, -0.2) is 0 Å². The zero-order chi connectivity index (χ0) is 21.8. The molecule has 0 nitrogen and oxygen atoms in total. The Morgan fingerprint density at radius 2 is 1.73 bits per heavy atom. The molecule has 4 rings (SSSR count). The third-order valence-corrected chi connectivity index (χ3v) is 10.8. The van der Waals surface area contributed by atoms with E-state index in [1.54, 1.807) is 0 Å². The van der Waals surface area contributed by atoms with Crippen LogP contribution in [0.25, 0.3) is 0 Å². The fourth-order valence-corrected chi connectivity index (χ4v) is 8.78. The molecule has 0 heterocycles. The number of hydrogen-bond donors (Lipinski definition) is 0. The maximum Gasteiger partial charge on any atom is -0.0141 e. The van der Waals surface area contributed by atoms with E-state index in [4.69, 9.17) is 0 Å². The van der Waals surface area contributed by atoms with Gasteiger partial charge in [0, 0.05) is 0 Å². The van der Waals surface area contributed by atoms with Crippen LogP contribution in [0.3, 0.4) is 0 Å². The zero-order valence-corrected chi connectivity index (χ0v) is 21.3. The van der Waals surface area contributed by atoms with Gasteiger partial charge < -0.3 is 0 Å². The minimum Gasteiger partial charge on any atom is -0.0996 e. The average molecular weight is 411 g/mol. The largest absolute Gasteiger partial charge is 0.0996 e. The van der Waals surface area contributed by atoms with E-state index >= 15 is 0 Å². The minimum atomic E-state index is 0.432. The highest BCUT2D eigenvalue weighted by molar-refractivity contribution is 5.34. The van der Waals surface area contributed by atoms with Crippen LogP contribution in [0, 0.1) is 52.3 Å². The van der Waals surface area contributed by atoms with Crippen molar-refractivity contribution < 1.29 is 0 Å². The molecule has 0 aromatic rings. The third-order valence-electron chi connectivity index (χ3n) is 10.8. The first kappa shape index (κ1) is 22.7. The van der Waals surface area contributed by atoms with Crippen LogP contribution in [0.1, 0.15) is 113 Å². The lowest BCUT2D eigenvalue weighted by Gasteiger charge is -2.57. The summed E-state index contributed by atoms with van der Waals surface area (Å²) in [6, 6.07) is 0. The molecule has 170 valence electrons. The van der Waals surface area contributed by atoms with Gasteiger partial charge in [0.2, 0.25) is 0 Å². The smallest absolute Gasteiger partial charge is 0.0141 e. The van der Waals surface area contributed by atoms with E-state index in [0.29, 0.717) is 16.7 Å². The van der Waals surface area contributed by atoms with Crippen molar-refractivity contribution in [1.82, 2.24) is 0 Å². The van der Waals surface area contributed by atoms with E-state index in [1.165, 1.54) is 69.8 Å². The highest BCUT2D eigenvalue weighted by atomic mass is 14.6. The first-order chi connectivity index (χ1) is 14.1. The quantitative estimate of drug-likeness (QED) is 0.396. The summed E-state index contributed by atoms with van der Waals surface area (Å²) in [7, 11) is 0. The molecule has 7 atom stereocenters. The average Bonchev–Trinajstić information content (AvgIpc) is 3.04. The Balaban J connectivity index is 1.62. The van der Waals surface area contributed by atoms with Crippen molar-refractivity contribution in [1.29, 1.82) is 0 Å². The SMILES string of the molecule is C=C(CCC(C)(C)C1CC(C)C2=C3C(C)CC4CCCCC4(C)C3CCC21)C(C)C. The van der Waals surface area contributed by atoms with E-state index in [0.717, 1.165) is 35.5 Å². The van der Waals surface area contributed by atoms with Crippen LogP contribution in [0.5, 0.6) is 0 Å². The Morgan fingerprint density at radius 1 is 1.03 bits per heavy atom. The normalized spacial score (nSPS) is 41.5. The molecule has 0 aliphatic heterocycles. The summed E-state index contributed by atoms with van der Waals surface area (Å²) < 4.78 is 0. The molecule has 4 aliphatic rings. The van der Waals surface area contributed by atoms with E-state index in [-0.39, 0.29) is 0 Å². The van der Waals surface area contributed by atoms with E-state index < -0.39 is 0 Å². The van der Waals surface area contributed by atoms with Crippen LogP contribution in [0.4, 0.5) is 0 Å². The van der Waals surface area contributed by atoms with Crippen LogP contribution in [-0.2, 0) is 0 Å². The van der Waals surface area contributed by atoms with Gasteiger partial charge in [0.05, 0.1) is 0 Å². The molecule has 0 saturated heterocycles. The zero-order valence-electron chi connectivity index (χ0n) is 21.3. The number of allylic oxidation sites excluding steroid dienone is 3. The number of hydrogen-bond acceptors (Lipinski definition) is 0. The van der Waals surface area contributed by atoms with Crippen molar-refractivity contribution in [2.24, 2.45) is 52.3 Å². The molecule has 0 aromatic heterocycles. The van der Waals surface area contributed by atoms with Gasteiger partial charge in [-0.1, -0.05) is 84.6 Å². The Hall–Kier alpha value is -0.520. The van der Waals surface area contributed by atoms with E-state index in [9.17, 15) is 0 Å². The lowest BCUT2D eigenvalue weighted by atomic mass is 9.48. The molecule has 0 bridgehead atoms. The highest BCUT2D eigenvalue weighted by Crippen LogP contribution is 2.65. The summed E-state index contributed by atoms with van der Waals surface area (Å²) in [6.45, 7) is 22.0. The fourth-order valence-electron chi connectivity index (χ4n) is 8.78. The standard InChI is InChI=1S/C30H50/c1-19(2)20(3)14-16-29(6,7)26-18-22(5)27-24(26)12-13-25-28(27)21(4)17-23-11-9-10-15-30(23,25)8/h19,21-26H,3,9-18H2,1-2,4-8H3. The monoisotopic (exact) mass is 410 g/mol. The summed E-state index contributed by atoms with van der Waals surface area (Å²) in [5.74, 6) is 5.94. The first-order valence-corrected chi connectivity index (χ1v) is 13.5. The second kappa shape index (κ2) is 8.12. The molecular weight excluding hydrogens is 360 g/mol. The summed E-state index contributed by atoms with van der Waals surface area (Å²) in [6.07, 6.45) is 14.4.